The van der Waals surface area contributed by atoms with Gasteiger partial charge in [-0.1, -0.05) is 0 Å². The molecule has 3 heterocycles. The van der Waals surface area contributed by atoms with E-state index in [9.17, 15) is 25.2 Å². The highest BCUT2D eigenvalue weighted by Gasteiger charge is 2.44. The van der Waals surface area contributed by atoms with Crippen molar-refractivity contribution in [3.05, 3.63) is 45.1 Å². The number of benzene rings is 1. The zero-order valence-electron chi connectivity index (χ0n) is 15.3. The summed E-state index contributed by atoms with van der Waals surface area (Å²) in [5.74, 6) is 0.210. The van der Waals surface area contributed by atoms with Crippen molar-refractivity contribution in [2.24, 2.45) is 0 Å². The Kier molecular flexibility index (Phi) is 5.38. The molecule has 3 aromatic rings. The summed E-state index contributed by atoms with van der Waals surface area (Å²) in [4.78, 5) is 17.1. The SMILES string of the molecule is Cc1nc(-c2coc3cc(O[C@H]4O[C@@H](CO)[C@@H](O)[C@@H](O)[C@@H]4O)ccc3c2=O)cs1. The second-order valence-corrected chi connectivity index (χ2v) is 7.77. The highest BCUT2D eigenvalue weighted by atomic mass is 32.1. The molecule has 0 amide bonds. The maximum Gasteiger partial charge on any atom is 0.229 e. The number of nitrogens with zero attached hydrogens (tertiary/aromatic N) is 1. The Labute approximate surface area is 168 Å². The fourth-order valence-corrected chi connectivity index (χ4v) is 3.76. The van der Waals surface area contributed by atoms with Crippen LogP contribution in [0.4, 0.5) is 0 Å². The summed E-state index contributed by atoms with van der Waals surface area (Å²) in [5.41, 5.74) is 0.915. The minimum Gasteiger partial charge on any atom is -0.463 e. The molecule has 0 bridgehead atoms. The largest absolute Gasteiger partial charge is 0.463 e. The third-order valence-electron chi connectivity index (χ3n) is 4.74. The van der Waals surface area contributed by atoms with Crippen LogP contribution in [-0.4, -0.2) is 62.7 Å². The molecule has 10 heteroatoms. The van der Waals surface area contributed by atoms with Crippen molar-refractivity contribution in [1.82, 2.24) is 4.98 Å². The third kappa shape index (κ3) is 3.66. The Bertz CT molecular complexity index is 1080. The smallest absolute Gasteiger partial charge is 0.229 e. The van der Waals surface area contributed by atoms with Crippen LogP contribution >= 0.6 is 11.3 Å². The molecule has 0 radical (unpaired) electrons. The molecule has 0 spiro atoms. The predicted octanol–water partition coefficient (Wildman–Crippen LogP) is 0.404. The monoisotopic (exact) mass is 421 g/mol. The van der Waals surface area contributed by atoms with Crippen LogP contribution in [0.15, 0.2) is 39.1 Å². The fourth-order valence-electron chi connectivity index (χ4n) is 3.14. The zero-order valence-corrected chi connectivity index (χ0v) is 16.1. The number of rotatable bonds is 4. The zero-order chi connectivity index (χ0) is 20.7. The molecule has 4 N–H and O–H groups in total. The maximum absolute atomic E-state index is 12.8. The van der Waals surface area contributed by atoms with Gasteiger partial charge in [-0.2, -0.15) is 0 Å². The molecule has 1 aliphatic heterocycles. The molecule has 154 valence electrons. The van der Waals surface area contributed by atoms with Gasteiger partial charge in [0.2, 0.25) is 11.7 Å². The molecule has 29 heavy (non-hydrogen) atoms. The van der Waals surface area contributed by atoms with Crippen LogP contribution in [0.25, 0.3) is 22.2 Å². The van der Waals surface area contributed by atoms with Crippen LogP contribution in [0.1, 0.15) is 5.01 Å². The number of hydrogen-bond donors (Lipinski definition) is 4. The molecule has 0 unspecified atom stereocenters. The van der Waals surface area contributed by atoms with Crippen molar-refractivity contribution in [3.8, 4) is 17.0 Å². The summed E-state index contributed by atoms with van der Waals surface area (Å²) < 4.78 is 16.5. The topological polar surface area (TPSA) is 142 Å². The van der Waals surface area contributed by atoms with Crippen LogP contribution in [0.5, 0.6) is 5.75 Å². The van der Waals surface area contributed by atoms with Crippen molar-refractivity contribution >= 4 is 22.3 Å². The van der Waals surface area contributed by atoms with E-state index in [1.165, 1.54) is 35.8 Å². The highest BCUT2D eigenvalue weighted by molar-refractivity contribution is 7.09. The van der Waals surface area contributed by atoms with Gasteiger partial charge >= 0.3 is 0 Å². The minimum absolute atomic E-state index is 0.210. The number of ether oxygens (including phenoxy) is 2. The number of aliphatic hydroxyl groups is 4. The molecule has 1 saturated heterocycles. The van der Waals surface area contributed by atoms with E-state index in [1.54, 1.807) is 5.38 Å². The number of fused-ring (bicyclic) bond motifs is 1. The first-order valence-electron chi connectivity index (χ1n) is 8.84. The summed E-state index contributed by atoms with van der Waals surface area (Å²) in [7, 11) is 0. The average molecular weight is 421 g/mol. The van der Waals surface area contributed by atoms with Gasteiger partial charge in [-0.05, 0) is 19.1 Å². The molecule has 9 nitrogen and oxygen atoms in total. The summed E-state index contributed by atoms with van der Waals surface area (Å²) in [6, 6.07) is 4.47. The number of aliphatic hydroxyl groups excluding tert-OH is 4. The first-order chi connectivity index (χ1) is 13.9. The third-order valence-corrected chi connectivity index (χ3v) is 5.52. The molecular formula is C19H19NO8S. The summed E-state index contributed by atoms with van der Waals surface area (Å²) in [5, 5.41) is 42.0. The number of aryl methyl sites for hydroxylation is 1. The van der Waals surface area contributed by atoms with Gasteiger partial charge < -0.3 is 34.3 Å². The van der Waals surface area contributed by atoms with Crippen LogP contribution in [0, 0.1) is 6.92 Å². The second kappa shape index (κ2) is 7.82. The number of hydrogen-bond acceptors (Lipinski definition) is 10. The van der Waals surface area contributed by atoms with E-state index in [0.29, 0.717) is 16.6 Å². The van der Waals surface area contributed by atoms with Crippen LogP contribution in [0.2, 0.25) is 0 Å². The van der Waals surface area contributed by atoms with Crippen molar-refractivity contribution < 1.29 is 34.3 Å². The molecule has 0 aliphatic carbocycles. The molecule has 5 atom stereocenters. The van der Waals surface area contributed by atoms with Crippen molar-refractivity contribution in [2.75, 3.05) is 6.61 Å². The van der Waals surface area contributed by atoms with E-state index < -0.39 is 37.3 Å². The van der Waals surface area contributed by atoms with Gasteiger partial charge in [0.05, 0.1) is 28.3 Å². The van der Waals surface area contributed by atoms with E-state index >= 15 is 0 Å². The van der Waals surface area contributed by atoms with Gasteiger partial charge in [0, 0.05) is 11.4 Å². The van der Waals surface area contributed by atoms with Gasteiger partial charge in [-0.15, -0.1) is 11.3 Å². The average Bonchev–Trinajstić information content (AvgIpc) is 3.14. The number of thiazole rings is 1. The molecule has 4 rings (SSSR count). The van der Waals surface area contributed by atoms with E-state index in [1.807, 2.05) is 6.92 Å². The lowest BCUT2D eigenvalue weighted by Gasteiger charge is -2.39. The van der Waals surface area contributed by atoms with Crippen molar-refractivity contribution in [3.63, 3.8) is 0 Å². The Balaban J connectivity index is 1.62. The van der Waals surface area contributed by atoms with E-state index in [4.69, 9.17) is 13.9 Å². The van der Waals surface area contributed by atoms with Gasteiger partial charge in [0.1, 0.15) is 42.0 Å². The molecule has 1 aliphatic rings. The van der Waals surface area contributed by atoms with Gasteiger partial charge in [-0.25, -0.2) is 4.98 Å². The standard InChI is InChI=1S/C19H19NO8S/c1-8-20-12(7-29-8)11-6-26-13-4-9(2-3-10(13)15(11)22)27-19-18(25)17(24)16(23)14(5-21)28-19/h2-4,6-7,14,16-19,21,23-25H,5H2,1H3/t14-,16+,17+,18-,19-/m0/s1. The van der Waals surface area contributed by atoms with Crippen LogP contribution < -0.4 is 10.2 Å². The van der Waals surface area contributed by atoms with Crippen molar-refractivity contribution in [2.45, 2.75) is 37.6 Å². The fraction of sp³-hybridized carbons (Fsp3) is 0.368. The van der Waals surface area contributed by atoms with Crippen LogP contribution in [-0.2, 0) is 4.74 Å². The van der Waals surface area contributed by atoms with E-state index in [-0.39, 0.29) is 16.8 Å². The highest BCUT2D eigenvalue weighted by Crippen LogP contribution is 2.27. The Morgan fingerprint density at radius 2 is 2.00 bits per heavy atom. The van der Waals surface area contributed by atoms with Gasteiger partial charge in [0.25, 0.3) is 0 Å². The maximum atomic E-state index is 12.8. The van der Waals surface area contributed by atoms with E-state index in [0.717, 1.165) is 5.01 Å². The van der Waals surface area contributed by atoms with Gasteiger partial charge in [0.15, 0.2) is 0 Å². The Hall–Kier alpha value is -2.34. The molecular weight excluding hydrogens is 402 g/mol. The van der Waals surface area contributed by atoms with E-state index in [2.05, 4.69) is 4.98 Å². The van der Waals surface area contributed by atoms with Crippen LogP contribution in [0.3, 0.4) is 0 Å². The Morgan fingerprint density at radius 1 is 1.21 bits per heavy atom. The molecule has 2 aromatic heterocycles. The first kappa shape index (κ1) is 20.0. The Morgan fingerprint density at radius 3 is 2.69 bits per heavy atom. The molecule has 1 aromatic carbocycles. The second-order valence-electron chi connectivity index (χ2n) is 6.70. The lowest BCUT2D eigenvalue weighted by Crippen LogP contribution is -2.60. The summed E-state index contributed by atoms with van der Waals surface area (Å²) in [6.45, 7) is 1.29. The predicted molar refractivity (Wildman–Crippen MR) is 103 cm³/mol. The lowest BCUT2D eigenvalue weighted by atomic mass is 9.99. The number of aromatic nitrogens is 1. The lowest BCUT2D eigenvalue weighted by molar-refractivity contribution is -0.277. The van der Waals surface area contributed by atoms with Gasteiger partial charge in [-0.3, -0.25) is 4.79 Å². The minimum atomic E-state index is -1.55. The normalized spacial score (nSPS) is 27.3. The molecule has 0 saturated carbocycles. The first-order valence-corrected chi connectivity index (χ1v) is 9.72. The molecule has 1 fully saturated rings. The summed E-state index contributed by atoms with van der Waals surface area (Å²) in [6.07, 6.45) is -5.64. The van der Waals surface area contributed by atoms with Crippen molar-refractivity contribution in [1.29, 1.82) is 0 Å². The quantitative estimate of drug-likeness (QED) is 0.471. The summed E-state index contributed by atoms with van der Waals surface area (Å²) >= 11 is 1.43.